The van der Waals surface area contributed by atoms with E-state index >= 15 is 0 Å². The maximum absolute atomic E-state index is 11.9. The van der Waals surface area contributed by atoms with Crippen LogP contribution in [-0.4, -0.2) is 26.6 Å². The van der Waals surface area contributed by atoms with Crippen molar-refractivity contribution < 1.29 is 14.7 Å². The topological polar surface area (TPSA) is 92.2 Å². The number of amides is 1. The Bertz CT molecular complexity index is 656. The Kier molecular flexibility index (Phi) is 3.91. The molecule has 0 radical (unpaired) electrons. The van der Waals surface area contributed by atoms with Gasteiger partial charge in [0.1, 0.15) is 4.88 Å². The molecule has 0 saturated carbocycles. The molecule has 6 nitrogen and oxygen atoms in total. The highest BCUT2D eigenvalue weighted by atomic mass is 79.9. The number of aryl methyl sites for hydroxylation is 1. The molecule has 1 heterocycles. The van der Waals surface area contributed by atoms with E-state index in [0.717, 1.165) is 11.5 Å². The minimum absolute atomic E-state index is 0.0805. The van der Waals surface area contributed by atoms with Crippen molar-refractivity contribution in [2.45, 2.75) is 6.92 Å². The summed E-state index contributed by atoms with van der Waals surface area (Å²) in [6, 6.07) is 4.56. The van der Waals surface area contributed by atoms with Crippen LogP contribution in [0.25, 0.3) is 0 Å². The van der Waals surface area contributed by atoms with Crippen LogP contribution in [0.5, 0.6) is 0 Å². The first-order valence-electron chi connectivity index (χ1n) is 5.12. The van der Waals surface area contributed by atoms with Crippen LogP contribution in [-0.2, 0) is 0 Å². The van der Waals surface area contributed by atoms with Crippen molar-refractivity contribution in [2.75, 3.05) is 5.32 Å². The second-order valence-corrected chi connectivity index (χ2v) is 5.25. The number of aromatic nitrogens is 2. The molecule has 0 saturated heterocycles. The minimum Gasteiger partial charge on any atom is -0.478 e. The van der Waals surface area contributed by atoms with Crippen LogP contribution in [0.15, 0.2) is 22.7 Å². The van der Waals surface area contributed by atoms with Gasteiger partial charge in [-0.3, -0.25) is 4.79 Å². The zero-order valence-corrected chi connectivity index (χ0v) is 12.1. The van der Waals surface area contributed by atoms with E-state index in [4.69, 9.17) is 5.11 Å². The van der Waals surface area contributed by atoms with Crippen molar-refractivity contribution in [3.05, 3.63) is 38.8 Å². The zero-order valence-electron chi connectivity index (χ0n) is 9.68. The molecule has 2 aromatic rings. The second kappa shape index (κ2) is 5.45. The first kappa shape index (κ1) is 13.6. The van der Waals surface area contributed by atoms with Crippen LogP contribution in [0.2, 0.25) is 0 Å². The molecule has 19 heavy (non-hydrogen) atoms. The highest BCUT2D eigenvalue weighted by molar-refractivity contribution is 9.10. The number of halogens is 1. The van der Waals surface area contributed by atoms with Crippen molar-refractivity contribution in [1.82, 2.24) is 9.59 Å². The van der Waals surface area contributed by atoms with Crippen molar-refractivity contribution in [3.8, 4) is 0 Å². The Morgan fingerprint density at radius 1 is 1.42 bits per heavy atom. The quantitative estimate of drug-likeness (QED) is 0.894. The summed E-state index contributed by atoms with van der Waals surface area (Å²) in [5, 5.41) is 15.4. The number of benzene rings is 1. The summed E-state index contributed by atoms with van der Waals surface area (Å²) in [6.07, 6.45) is 0. The van der Waals surface area contributed by atoms with E-state index in [-0.39, 0.29) is 11.5 Å². The molecular weight excluding hydrogens is 334 g/mol. The van der Waals surface area contributed by atoms with Gasteiger partial charge >= 0.3 is 5.97 Å². The van der Waals surface area contributed by atoms with Gasteiger partial charge in [-0.1, -0.05) is 4.49 Å². The van der Waals surface area contributed by atoms with Crippen molar-refractivity contribution in [1.29, 1.82) is 0 Å². The van der Waals surface area contributed by atoms with Gasteiger partial charge in [0.2, 0.25) is 0 Å². The van der Waals surface area contributed by atoms with E-state index in [0.29, 0.717) is 20.7 Å². The predicted molar refractivity (Wildman–Crippen MR) is 73.7 cm³/mol. The van der Waals surface area contributed by atoms with E-state index in [1.807, 2.05) is 0 Å². The second-order valence-electron chi connectivity index (χ2n) is 3.64. The van der Waals surface area contributed by atoms with Crippen LogP contribution in [0.1, 0.15) is 25.7 Å². The number of rotatable bonds is 3. The van der Waals surface area contributed by atoms with E-state index in [9.17, 15) is 9.59 Å². The van der Waals surface area contributed by atoms with Gasteiger partial charge in [0.25, 0.3) is 5.91 Å². The van der Waals surface area contributed by atoms with Crippen LogP contribution in [0.4, 0.5) is 5.69 Å². The maximum Gasteiger partial charge on any atom is 0.336 e. The number of carbonyl (C=O) groups is 2. The average molecular weight is 342 g/mol. The summed E-state index contributed by atoms with van der Waals surface area (Å²) >= 11 is 4.13. The zero-order chi connectivity index (χ0) is 14.0. The smallest absolute Gasteiger partial charge is 0.336 e. The Balaban J connectivity index is 2.25. The van der Waals surface area contributed by atoms with Gasteiger partial charge in [-0.15, -0.1) is 5.10 Å². The molecule has 2 rings (SSSR count). The largest absolute Gasteiger partial charge is 0.478 e. The van der Waals surface area contributed by atoms with Gasteiger partial charge in [0.15, 0.2) is 0 Å². The number of anilines is 1. The summed E-state index contributed by atoms with van der Waals surface area (Å²) in [5.41, 5.74) is 1.02. The first-order chi connectivity index (χ1) is 8.99. The molecule has 0 aliphatic rings. The fourth-order valence-corrected chi connectivity index (χ4v) is 2.36. The number of nitrogens with zero attached hydrogens (tertiary/aromatic N) is 2. The maximum atomic E-state index is 11.9. The number of carbonyl (C=O) groups excluding carboxylic acids is 1. The molecule has 2 N–H and O–H groups in total. The summed E-state index contributed by atoms with van der Waals surface area (Å²) in [5.74, 6) is -1.43. The summed E-state index contributed by atoms with van der Waals surface area (Å²) < 4.78 is 4.13. The summed E-state index contributed by atoms with van der Waals surface area (Å²) in [7, 11) is 0. The predicted octanol–water partition coefficient (Wildman–Crippen LogP) is 2.56. The molecule has 8 heteroatoms. The minimum atomic E-state index is -1.07. The van der Waals surface area contributed by atoms with Gasteiger partial charge in [-0.25, -0.2) is 4.79 Å². The summed E-state index contributed by atoms with van der Waals surface area (Å²) in [4.78, 5) is 23.3. The normalized spacial score (nSPS) is 10.2. The lowest BCUT2D eigenvalue weighted by Crippen LogP contribution is -2.12. The molecule has 1 aromatic heterocycles. The SMILES string of the molecule is Cc1nnsc1C(=O)Nc1ccc(Br)c(C(=O)O)c1. The van der Waals surface area contributed by atoms with Crippen LogP contribution < -0.4 is 5.32 Å². The van der Waals surface area contributed by atoms with Crippen LogP contribution in [0, 0.1) is 6.92 Å². The lowest BCUT2D eigenvalue weighted by atomic mass is 10.2. The molecule has 0 unspecified atom stereocenters. The molecule has 0 atom stereocenters. The third-order valence-electron chi connectivity index (χ3n) is 2.31. The number of carboxylic acids is 1. The molecule has 1 aromatic carbocycles. The van der Waals surface area contributed by atoms with Crippen LogP contribution >= 0.6 is 27.5 Å². The highest BCUT2D eigenvalue weighted by Gasteiger charge is 2.15. The fourth-order valence-electron chi connectivity index (χ4n) is 1.39. The molecule has 1 amide bonds. The summed E-state index contributed by atoms with van der Waals surface area (Å²) in [6.45, 7) is 1.68. The molecule has 0 fully saturated rings. The molecular formula is C11H8BrN3O3S. The van der Waals surface area contributed by atoms with Gasteiger partial charge in [-0.05, 0) is 52.6 Å². The fraction of sp³-hybridized carbons (Fsp3) is 0.0909. The van der Waals surface area contributed by atoms with Crippen molar-refractivity contribution >= 4 is 45.0 Å². The third kappa shape index (κ3) is 2.96. The number of hydrogen-bond acceptors (Lipinski definition) is 5. The number of carboxylic acid groups (broad SMARTS) is 1. The Morgan fingerprint density at radius 2 is 2.16 bits per heavy atom. The average Bonchev–Trinajstić information content (AvgIpc) is 2.77. The molecule has 0 bridgehead atoms. The monoisotopic (exact) mass is 341 g/mol. The van der Waals surface area contributed by atoms with Crippen molar-refractivity contribution in [3.63, 3.8) is 0 Å². The Hall–Kier alpha value is -1.80. The van der Waals surface area contributed by atoms with Crippen LogP contribution in [0.3, 0.4) is 0 Å². The molecule has 0 spiro atoms. The number of aromatic carboxylic acids is 1. The first-order valence-corrected chi connectivity index (χ1v) is 6.69. The number of nitrogens with one attached hydrogen (secondary N) is 1. The van der Waals surface area contributed by atoms with E-state index in [2.05, 4.69) is 30.8 Å². The van der Waals surface area contributed by atoms with E-state index < -0.39 is 5.97 Å². The molecule has 0 aliphatic heterocycles. The molecule has 0 aliphatic carbocycles. The highest BCUT2D eigenvalue weighted by Crippen LogP contribution is 2.22. The lowest BCUT2D eigenvalue weighted by molar-refractivity contribution is 0.0695. The molecule has 98 valence electrons. The Labute approximate surface area is 120 Å². The lowest BCUT2D eigenvalue weighted by Gasteiger charge is -2.06. The van der Waals surface area contributed by atoms with E-state index in [1.165, 1.54) is 6.07 Å². The third-order valence-corrected chi connectivity index (χ3v) is 3.83. The van der Waals surface area contributed by atoms with Gasteiger partial charge in [-0.2, -0.15) is 0 Å². The van der Waals surface area contributed by atoms with Gasteiger partial charge < -0.3 is 10.4 Å². The standard InChI is InChI=1S/C11H8BrN3O3S/c1-5-9(19-15-14-5)10(16)13-6-2-3-8(12)7(4-6)11(17)18/h2-4H,1H3,(H,13,16)(H,17,18). The number of hydrogen-bond donors (Lipinski definition) is 2. The van der Waals surface area contributed by atoms with E-state index in [1.54, 1.807) is 19.1 Å². The Morgan fingerprint density at radius 3 is 2.74 bits per heavy atom. The van der Waals surface area contributed by atoms with Gasteiger partial charge in [0.05, 0.1) is 11.3 Å². The van der Waals surface area contributed by atoms with Gasteiger partial charge in [0, 0.05) is 10.2 Å². The van der Waals surface area contributed by atoms with Crippen molar-refractivity contribution in [2.24, 2.45) is 0 Å².